The van der Waals surface area contributed by atoms with Gasteiger partial charge in [0.15, 0.2) is 5.84 Å². The van der Waals surface area contributed by atoms with E-state index in [2.05, 4.69) is 5.16 Å². The van der Waals surface area contributed by atoms with E-state index in [1.54, 1.807) is 6.92 Å². The lowest BCUT2D eigenvalue weighted by Gasteiger charge is -2.37. The summed E-state index contributed by atoms with van der Waals surface area (Å²) in [6.07, 6.45) is -5.91. The Labute approximate surface area is 115 Å². The molecule has 0 bridgehead atoms. The maximum absolute atomic E-state index is 12.0. The zero-order chi connectivity index (χ0) is 15.3. The van der Waals surface area contributed by atoms with Crippen LogP contribution in [0, 0.1) is 0 Å². The minimum atomic E-state index is -4.31. The third-order valence-corrected chi connectivity index (χ3v) is 3.38. The Bertz CT molecular complexity index is 365. The largest absolute Gasteiger partial charge is 0.409 e. The predicted octanol–water partition coefficient (Wildman–Crippen LogP) is 0.608. The molecule has 0 aromatic heterocycles. The van der Waals surface area contributed by atoms with Gasteiger partial charge in [-0.15, -0.1) is 0 Å². The maximum atomic E-state index is 12.0. The molecule has 9 heteroatoms. The summed E-state index contributed by atoms with van der Waals surface area (Å²) in [5.41, 5.74) is 5.49. The maximum Gasteiger partial charge on any atom is 0.389 e. The molecule has 0 saturated carbocycles. The van der Waals surface area contributed by atoms with E-state index in [9.17, 15) is 18.0 Å². The highest BCUT2D eigenvalue weighted by atomic mass is 19.4. The molecular weight excluding hydrogens is 277 g/mol. The number of hydrogen-bond donors (Lipinski definition) is 2. The lowest BCUT2D eigenvalue weighted by molar-refractivity contribution is -0.150. The molecule has 1 aliphatic heterocycles. The van der Waals surface area contributed by atoms with Crippen molar-refractivity contribution in [2.45, 2.75) is 32.0 Å². The van der Waals surface area contributed by atoms with Crippen molar-refractivity contribution in [3.05, 3.63) is 0 Å². The number of nitrogens with zero attached hydrogens (tertiary/aromatic N) is 3. The Morgan fingerprint density at radius 2 is 1.90 bits per heavy atom. The number of nitrogens with two attached hydrogens (primary N) is 1. The molecule has 0 aromatic carbocycles. The molecule has 0 aromatic rings. The summed E-state index contributed by atoms with van der Waals surface area (Å²) in [7, 11) is 0. The second kappa shape index (κ2) is 6.78. The highest BCUT2D eigenvalue weighted by molar-refractivity contribution is 5.84. The van der Waals surface area contributed by atoms with Gasteiger partial charge in [0.2, 0.25) is 5.91 Å². The first kappa shape index (κ1) is 16.5. The lowest BCUT2D eigenvalue weighted by Crippen LogP contribution is -2.54. The first-order valence-electron chi connectivity index (χ1n) is 6.30. The number of hydrogen-bond acceptors (Lipinski definition) is 4. The molecule has 0 aliphatic carbocycles. The molecule has 1 unspecified atom stereocenters. The van der Waals surface area contributed by atoms with Crippen LogP contribution < -0.4 is 5.73 Å². The van der Waals surface area contributed by atoms with Crippen molar-refractivity contribution in [1.29, 1.82) is 0 Å². The van der Waals surface area contributed by atoms with Gasteiger partial charge < -0.3 is 15.8 Å². The van der Waals surface area contributed by atoms with E-state index < -0.39 is 24.9 Å². The third-order valence-electron chi connectivity index (χ3n) is 3.38. The van der Waals surface area contributed by atoms with Crippen molar-refractivity contribution >= 4 is 11.7 Å². The summed E-state index contributed by atoms with van der Waals surface area (Å²) in [6, 6.07) is -0.271. The van der Waals surface area contributed by atoms with Crippen LogP contribution in [0.1, 0.15) is 19.8 Å². The van der Waals surface area contributed by atoms with Gasteiger partial charge in [-0.05, 0) is 6.92 Å². The van der Waals surface area contributed by atoms with Crippen LogP contribution in [-0.2, 0) is 4.79 Å². The highest BCUT2D eigenvalue weighted by Gasteiger charge is 2.31. The first-order chi connectivity index (χ1) is 9.24. The monoisotopic (exact) mass is 296 g/mol. The van der Waals surface area contributed by atoms with Crippen LogP contribution in [0.5, 0.6) is 0 Å². The van der Waals surface area contributed by atoms with E-state index in [1.807, 2.05) is 4.90 Å². The van der Waals surface area contributed by atoms with Crippen molar-refractivity contribution in [3.63, 3.8) is 0 Å². The standard InChI is InChI=1S/C11H19F3N4O2/c1-8(10(15)16-20)17-4-6-18(7-5-17)9(19)2-3-11(12,13)14/h8,20H,2-7H2,1H3,(H2,15,16). The molecule has 1 fully saturated rings. The normalized spacial score (nSPS) is 20.0. The number of amidine groups is 1. The fraction of sp³-hybridized carbons (Fsp3) is 0.818. The molecule has 1 aliphatic rings. The number of halogens is 3. The molecular formula is C11H19F3N4O2. The van der Waals surface area contributed by atoms with Crippen LogP contribution in [0.3, 0.4) is 0 Å². The molecule has 1 amide bonds. The fourth-order valence-corrected chi connectivity index (χ4v) is 2.04. The molecule has 1 rings (SSSR count). The average Bonchev–Trinajstić information content (AvgIpc) is 2.42. The van der Waals surface area contributed by atoms with Gasteiger partial charge in [0.1, 0.15) is 0 Å². The predicted molar refractivity (Wildman–Crippen MR) is 66.3 cm³/mol. The molecule has 1 atom stereocenters. The van der Waals surface area contributed by atoms with Gasteiger partial charge >= 0.3 is 6.18 Å². The number of carbonyl (C=O) groups excluding carboxylic acids is 1. The number of rotatable bonds is 4. The minimum Gasteiger partial charge on any atom is -0.409 e. The zero-order valence-corrected chi connectivity index (χ0v) is 11.2. The quantitative estimate of drug-likeness (QED) is 0.345. The summed E-state index contributed by atoms with van der Waals surface area (Å²) in [6.45, 7) is 3.42. The Kier molecular flexibility index (Phi) is 5.61. The molecule has 6 nitrogen and oxygen atoms in total. The van der Waals surface area contributed by atoms with Crippen molar-refractivity contribution < 1.29 is 23.2 Å². The van der Waals surface area contributed by atoms with Crippen molar-refractivity contribution in [2.75, 3.05) is 26.2 Å². The van der Waals surface area contributed by atoms with E-state index in [-0.39, 0.29) is 11.9 Å². The second-order valence-corrected chi connectivity index (χ2v) is 4.73. The van der Waals surface area contributed by atoms with Crippen LogP contribution in [0.2, 0.25) is 0 Å². The van der Waals surface area contributed by atoms with Crippen molar-refractivity contribution in [3.8, 4) is 0 Å². The van der Waals surface area contributed by atoms with Gasteiger partial charge in [-0.3, -0.25) is 9.69 Å². The van der Waals surface area contributed by atoms with E-state index in [0.29, 0.717) is 26.2 Å². The molecule has 1 saturated heterocycles. The summed E-state index contributed by atoms with van der Waals surface area (Å²) in [5, 5.41) is 11.5. The van der Waals surface area contributed by atoms with Crippen molar-refractivity contribution in [2.24, 2.45) is 10.9 Å². The zero-order valence-electron chi connectivity index (χ0n) is 11.2. The molecule has 116 valence electrons. The Balaban J connectivity index is 2.40. The number of amides is 1. The van der Waals surface area contributed by atoms with Gasteiger partial charge in [-0.25, -0.2) is 0 Å². The minimum absolute atomic E-state index is 0.0712. The molecule has 20 heavy (non-hydrogen) atoms. The van der Waals surface area contributed by atoms with Crippen LogP contribution in [0.15, 0.2) is 5.16 Å². The number of oxime groups is 1. The molecule has 0 spiro atoms. The Morgan fingerprint density at radius 1 is 1.35 bits per heavy atom. The SMILES string of the molecule is CC(C(N)=NO)N1CCN(C(=O)CCC(F)(F)F)CC1. The summed E-state index contributed by atoms with van der Waals surface area (Å²) in [4.78, 5) is 15.0. The van der Waals surface area contributed by atoms with E-state index in [4.69, 9.17) is 10.9 Å². The number of carbonyl (C=O) groups is 1. The van der Waals surface area contributed by atoms with E-state index >= 15 is 0 Å². The third kappa shape index (κ3) is 4.87. The van der Waals surface area contributed by atoms with Crippen LogP contribution in [-0.4, -0.2) is 65.1 Å². The summed E-state index contributed by atoms with van der Waals surface area (Å²) in [5.74, 6) is -0.416. The van der Waals surface area contributed by atoms with Crippen LogP contribution in [0.4, 0.5) is 13.2 Å². The van der Waals surface area contributed by atoms with Crippen molar-refractivity contribution in [1.82, 2.24) is 9.80 Å². The second-order valence-electron chi connectivity index (χ2n) is 4.73. The Morgan fingerprint density at radius 3 is 2.35 bits per heavy atom. The molecule has 1 heterocycles. The van der Waals surface area contributed by atoms with Gasteiger partial charge in [0.25, 0.3) is 0 Å². The van der Waals surface area contributed by atoms with Gasteiger partial charge in [0.05, 0.1) is 12.5 Å². The smallest absolute Gasteiger partial charge is 0.389 e. The van der Waals surface area contributed by atoms with E-state index in [0.717, 1.165) is 0 Å². The average molecular weight is 296 g/mol. The van der Waals surface area contributed by atoms with E-state index in [1.165, 1.54) is 4.90 Å². The first-order valence-corrected chi connectivity index (χ1v) is 6.30. The molecule has 0 radical (unpaired) electrons. The highest BCUT2D eigenvalue weighted by Crippen LogP contribution is 2.22. The van der Waals surface area contributed by atoms with Crippen LogP contribution >= 0.6 is 0 Å². The topological polar surface area (TPSA) is 82.2 Å². The fourth-order valence-electron chi connectivity index (χ4n) is 2.04. The van der Waals surface area contributed by atoms with Crippen LogP contribution in [0.25, 0.3) is 0 Å². The van der Waals surface area contributed by atoms with Gasteiger partial charge in [-0.2, -0.15) is 13.2 Å². The summed E-state index contributed by atoms with van der Waals surface area (Å²) < 4.78 is 36.1. The van der Waals surface area contributed by atoms with Gasteiger partial charge in [-0.1, -0.05) is 5.16 Å². The number of piperazine rings is 1. The summed E-state index contributed by atoms with van der Waals surface area (Å²) >= 11 is 0. The van der Waals surface area contributed by atoms with Gasteiger partial charge in [0, 0.05) is 32.6 Å². The lowest BCUT2D eigenvalue weighted by atomic mass is 10.2. The Hall–Kier alpha value is -1.51. The molecule has 3 N–H and O–H groups in total. The number of alkyl halides is 3.